The summed E-state index contributed by atoms with van der Waals surface area (Å²) in [5.41, 5.74) is 4.34. The fourth-order valence-electron chi connectivity index (χ4n) is 5.00. The van der Waals surface area contributed by atoms with Crippen molar-refractivity contribution in [2.24, 2.45) is 5.92 Å². The van der Waals surface area contributed by atoms with Gasteiger partial charge in [0.05, 0.1) is 17.6 Å². The molecule has 0 bridgehead atoms. The van der Waals surface area contributed by atoms with Crippen molar-refractivity contribution < 1.29 is 4.79 Å². The summed E-state index contributed by atoms with van der Waals surface area (Å²) in [5.74, 6) is 1.44. The second-order valence-corrected chi connectivity index (χ2v) is 8.76. The second-order valence-electron chi connectivity index (χ2n) is 8.76. The molecule has 1 aliphatic carbocycles. The van der Waals surface area contributed by atoms with Crippen LogP contribution in [0.15, 0.2) is 48.5 Å². The Morgan fingerprint density at radius 3 is 2.67 bits per heavy atom. The quantitative estimate of drug-likeness (QED) is 0.658. The summed E-state index contributed by atoms with van der Waals surface area (Å²) >= 11 is 0. The Morgan fingerprint density at radius 2 is 1.87 bits per heavy atom. The van der Waals surface area contributed by atoms with E-state index >= 15 is 0 Å². The predicted octanol–water partition coefficient (Wildman–Crippen LogP) is 5.13. The van der Waals surface area contributed by atoms with Crippen LogP contribution in [0, 0.1) is 5.92 Å². The maximum Gasteiger partial charge on any atom is 0.227 e. The van der Waals surface area contributed by atoms with Gasteiger partial charge in [-0.25, -0.2) is 4.98 Å². The van der Waals surface area contributed by atoms with Gasteiger partial charge in [-0.05, 0) is 43.5 Å². The minimum atomic E-state index is 0.165. The highest BCUT2D eigenvalue weighted by Crippen LogP contribution is 2.29. The Bertz CT molecular complexity index is 1040. The van der Waals surface area contributed by atoms with Crippen molar-refractivity contribution in [3.63, 3.8) is 0 Å². The molecule has 1 aromatic heterocycles. The number of carbonyl (C=O) groups is 1. The number of hydrogen-bond acceptors (Lipinski definition) is 3. The number of carbonyl (C=O) groups excluding carboxylic acids is 1. The van der Waals surface area contributed by atoms with Gasteiger partial charge in [-0.2, -0.15) is 0 Å². The van der Waals surface area contributed by atoms with Crippen LogP contribution in [0.4, 0.5) is 5.69 Å². The van der Waals surface area contributed by atoms with Crippen LogP contribution in [0.2, 0.25) is 0 Å². The highest BCUT2D eigenvalue weighted by molar-refractivity contribution is 5.94. The molecule has 2 heterocycles. The van der Waals surface area contributed by atoms with Crippen LogP contribution in [0.25, 0.3) is 11.0 Å². The van der Waals surface area contributed by atoms with Gasteiger partial charge >= 0.3 is 0 Å². The Kier molecular flexibility index (Phi) is 5.30. The standard InChI is InChI=1S/C25H30N4O/c1-18(19-8-4-2-5-9-19)28-14-15-29-23-13-12-21(16-22(23)27-24(29)17-28)26-25(30)20-10-6-3-7-11-20/h2,4-5,8-9,12-13,16,18,20H,3,6-7,10-11,14-15,17H2,1H3,(H,26,30)/t18-/m1/s1. The zero-order valence-corrected chi connectivity index (χ0v) is 17.7. The SMILES string of the molecule is C[C@H](c1ccccc1)N1CCn2c(nc3cc(NC(=O)C4CCCCC4)ccc32)C1. The third-order valence-electron chi connectivity index (χ3n) is 6.86. The van der Waals surface area contributed by atoms with Crippen LogP contribution in [-0.4, -0.2) is 26.9 Å². The molecule has 1 N–H and O–H groups in total. The third kappa shape index (κ3) is 3.74. The smallest absolute Gasteiger partial charge is 0.227 e. The number of hydrogen-bond donors (Lipinski definition) is 1. The largest absolute Gasteiger partial charge is 0.326 e. The first kappa shape index (κ1) is 19.3. The van der Waals surface area contributed by atoms with E-state index in [1.807, 2.05) is 12.1 Å². The Morgan fingerprint density at radius 1 is 1.07 bits per heavy atom. The van der Waals surface area contributed by atoms with Gasteiger partial charge in [0.2, 0.25) is 5.91 Å². The molecule has 5 nitrogen and oxygen atoms in total. The normalized spacial score (nSPS) is 18.8. The van der Waals surface area contributed by atoms with Crippen molar-refractivity contribution in [1.29, 1.82) is 0 Å². The highest BCUT2D eigenvalue weighted by Gasteiger charge is 2.25. The number of amides is 1. The van der Waals surface area contributed by atoms with Crippen molar-refractivity contribution in [3.8, 4) is 0 Å². The van der Waals surface area contributed by atoms with Crippen LogP contribution in [0.1, 0.15) is 56.5 Å². The van der Waals surface area contributed by atoms with Gasteiger partial charge < -0.3 is 9.88 Å². The summed E-state index contributed by atoms with van der Waals surface area (Å²) in [6.07, 6.45) is 5.63. The van der Waals surface area contributed by atoms with Crippen molar-refractivity contribution in [1.82, 2.24) is 14.5 Å². The van der Waals surface area contributed by atoms with Crippen LogP contribution in [-0.2, 0) is 17.9 Å². The number of aromatic nitrogens is 2. The van der Waals surface area contributed by atoms with E-state index in [0.29, 0.717) is 6.04 Å². The topological polar surface area (TPSA) is 50.2 Å². The molecule has 0 saturated heterocycles. The molecule has 1 aliphatic heterocycles. The molecule has 1 amide bonds. The third-order valence-corrected chi connectivity index (χ3v) is 6.86. The summed E-state index contributed by atoms with van der Waals surface area (Å²) in [5, 5.41) is 3.13. The first-order valence-electron chi connectivity index (χ1n) is 11.3. The fourth-order valence-corrected chi connectivity index (χ4v) is 5.00. The molecule has 3 aromatic rings. The molecule has 5 heteroatoms. The van der Waals surface area contributed by atoms with E-state index in [9.17, 15) is 4.79 Å². The van der Waals surface area contributed by atoms with Crippen molar-refractivity contribution in [2.45, 2.75) is 58.2 Å². The minimum Gasteiger partial charge on any atom is -0.326 e. The summed E-state index contributed by atoms with van der Waals surface area (Å²) in [4.78, 5) is 20.0. The highest BCUT2D eigenvalue weighted by atomic mass is 16.1. The maximum absolute atomic E-state index is 12.6. The first-order chi connectivity index (χ1) is 14.7. The number of benzene rings is 2. The average molecular weight is 403 g/mol. The predicted molar refractivity (Wildman–Crippen MR) is 120 cm³/mol. The number of imidazole rings is 1. The molecule has 156 valence electrons. The minimum absolute atomic E-state index is 0.165. The van der Waals surface area contributed by atoms with E-state index in [1.165, 1.54) is 24.8 Å². The van der Waals surface area contributed by atoms with E-state index in [1.54, 1.807) is 0 Å². The summed E-state index contributed by atoms with van der Waals surface area (Å²) < 4.78 is 2.33. The van der Waals surface area contributed by atoms with Crippen LogP contribution in [0.5, 0.6) is 0 Å². The zero-order chi connectivity index (χ0) is 20.5. The zero-order valence-electron chi connectivity index (χ0n) is 17.7. The molecular formula is C25H30N4O. The number of fused-ring (bicyclic) bond motifs is 3. The Balaban J connectivity index is 1.33. The molecule has 5 rings (SSSR count). The average Bonchev–Trinajstić information content (AvgIpc) is 3.16. The van der Waals surface area contributed by atoms with Crippen LogP contribution >= 0.6 is 0 Å². The Labute approximate surface area is 178 Å². The van der Waals surface area contributed by atoms with E-state index in [2.05, 4.69) is 58.1 Å². The fraction of sp³-hybridized carbons (Fsp3) is 0.440. The van der Waals surface area contributed by atoms with Crippen LogP contribution < -0.4 is 5.32 Å². The second kappa shape index (κ2) is 8.23. The van der Waals surface area contributed by atoms with E-state index in [4.69, 9.17) is 4.98 Å². The number of nitrogens with zero attached hydrogens (tertiary/aromatic N) is 3. The van der Waals surface area contributed by atoms with Crippen molar-refractivity contribution in [2.75, 3.05) is 11.9 Å². The maximum atomic E-state index is 12.6. The van der Waals surface area contributed by atoms with Gasteiger partial charge in [-0.1, -0.05) is 49.6 Å². The number of nitrogens with one attached hydrogen (secondary N) is 1. The van der Waals surface area contributed by atoms with Gasteiger partial charge in [-0.15, -0.1) is 0 Å². The molecule has 2 aliphatic rings. The lowest BCUT2D eigenvalue weighted by molar-refractivity contribution is -0.120. The number of rotatable bonds is 4. The lowest BCUT2D eigenvalue weighted by Gasteiger charge is -2.33. The molecule has 1 fully saturated rings. The molecule has 0 radical (unpaired) electrons. The van der Waals surface area contributed by atoms with Crippen molar-refractivity contribution in [3.05, 3.63) is 59.9 Å². The lowest BCUT2D eigenvalue weighted by Crippen LogP contribution is -2.35. The molecule has 1 saturated carbocycles. The molecular weight excluding hydrogens is 372 g/mol. The molecule has 1 atom stereocenters. The number of anilines is 1. The molecule has 2 aromatic carbocycles. The molecule has 30 heavy (non-hydrogen) atoms. The van der Waals surface area contributed by atoms with Crippen LogP contribution in [0.3, 0.4) is 0 Å². The summed E-state index contributed by atoms with van der Waals surface area (Å²) in [6.45, 7) is 5.06. The first-order valence-corrected chi connectivity index (χ1v) is 11.3. The van der Waals surface area contributed by atoms with Crippen molar-refractivity contribution >= 4 is 22.6 Å². The summed E-state index contributed by atoms with van der Waals surface area (Å²) in [7, 11) is 0. The molecule has 0 unspecified atom stereocenters. The van der Waals surface area contributed by atoms with Gasteiger partial charge in [0, 0.05) is 30.7 Å². The van der Waals surface area contributed by atoms with E-state index < -0.39 is 0 Å². The van der Waals surface area contributed by atoms with Gasteiger partial charge in [0.15, 0.2) is 0 Å². The van der Waals surface area contributed by atoms with Gasteiger partial charge in [0.25, 0.3) is 0 Å². The van der Waals surface area contributed by atoms with E-state index in [-0.39, 0.29) is 11.8 Å². The summed E-state index contributed by atoms with van der Waals surface area (Å²) in [6, 6.07) is 17.2. The molecule has 0 spiro atoms. The lowest BCUT2D eigenvalue weighted by atomic mass is 9.88. The van der Waals surface area contributed by atoms with E-state index in [0.717, 1.165) is 55.0 Å². The van der Waals surface area contributed by atoms with Gasteiger partial charge in [0.1, 0.15) is 5.82 Å². The van der Waals surface area contributed by atoms with Gasteiger partial charge in [-0.3, -0.25) is 9.69 Å². The Hall–Kier alpha value is -2.66. The monoisotopic (exact) mass is 402 g/mol.